The summed E-state index contributed by atoms with van der Waals surface area (Å²) in [7, 11) is 0. The van der Waals surface area contributed by atoms with Gasteiger partial charge in [-0.2, -0.15) is 10.2 Å². The summed E-state index contributed by atoms with van der Waals surface area (Å²) in [4.78, 5) is 84.3. The number of carbonyl (C=O) groups is 4. The lowest BCUT2D eigenvalue weighted by Gasteiger charge is -2.08. The Morgan fingerprint density at radius 2 is 0.951 bits per heavy atom. The van der Waals surface area contributed by atoms with E-state index in [9.17, 15) is 49.5 Å². The van der Waals surface area contributed by atoms with Crippen LogP contribution in [0.25, 0.3) is 6.08 Å². The van der Waals surface area contributed by atoms with Gasteiger partial charge in [0.1, 0.15) is 5.57 Å². The van der Waals surface area contributed by atoms with Gasteiger partial charge in [-0.25, -0.2) is 20.4 Å². The fourth-order valence-corrected chi connectivity index (χ4v) is 5.82. The molecule has 0 spiro atoms. The molecule has 5 aromatic carbocycles. The van der Waals surface area contributed by atoms with Crippen molar-refractivity contribution in [3.8, 4) is 11.5 Å². The number of nitro groups is 3. The number of benzene rings is 5. The van der Waals surface area contributed by atoms with E-state index in [1.807, 2.05) is 0 Å². The van der Waals surface area contributed by atoms with Crippen molar-refractivity contribution < 1.29 is 43.4 Å². The van der Waals surface area contributed by atoms with Crippen LogP contribution in [0, 0.1) is 30.3 Å². The van der Waals surface area contributed by atoms with Gasteiger partial charge in [0, 0.05) is 45.4 Å². The molecule has 0 saturated heterocycles. The topological polar surface area (TPSA) is 265 Å². The highest BCUT2D eigenvalue weighted by atomic mass is 35.5. The average molecular weight is 909 g/mol. The fourth-order valence-electron chi connectivity index (χ4n) is 4.85. The van der Waals surface area contributed by atoms with E-state index in [0.717, 1.165) is 54.9 Å². The first-order valence-electron chi connectivity index (χ1n) is 16.5. The highest BCUT2D eigenvalue weighted by Gasteiger charge is 2.24. The van der Waals surface area contributed by atoms with Crippen molar-refractivity contribution in [1.82, 2.24) is 10.9 Å². The van der Waals surface area contributed by atoms with E-state index in [1.165, 1.54) is 60.7 Å². The number of ether oxygens (including phenoxy) is 2. The number of hydrogen-bond acceptors (Lipinski definition) is 14. The molecule has 19 nitrogen and oxygen atoms in total. The van der Waals surface area contributed by atoms with Gasteiger partial charge in [-0.15, -0.1) is 0 Å². The standard InChI is InChI=1S/C38H21Cl4N7O12/c39-23-5-9-26(29(41)16-23)37(52)60-33-11-3-21(14-31(33)48(56)57)18-43-45-35(50)28(13-20-1-7-25(8-2-20)47(54)55)36(51)46-44-19-22-4-12-34(32(15-22)49(58)59)61-38(53)27-10-6-24(40)17-30(27)42/h1-19H,(H,45,50)(H,46,51)/b43-18+,44-19+. The molecular weight excluding hydrogens is 888 g/mol. The Hall–Kier alpha value is -7.58. The molecule has 0 aliphatic rings. The monoisotopic (exact) mass is 907 g/mol. The molecule has 5 rings (SSSR count). The second-order valence-electron chi connectivity index (χ2n) is 11.8. The second-order valence-corrected chi connectivity index (χ2v) is 13.5. The molecule has 0 atom stereocenters. The van der Waals surface area contributed by atoms with Crippen molar-refractivity contribution in [3.05, 3.63) is 181 Å². The number of halogens is 4. The Bertz CT molecular complexity index is 2570. The van der Waals surface area contributed by atoms with Gasteiger partial charge in [-0.1, -0.05) is 46.4 Å². The Kier molecular flexibility index (Phi) is 14.5. The Labute approximate surface area is 361 Å². The summed E-state index contributed by atoms with van der Waals surface area (Å²) in [6.45, 7) is 0. The lowest BCUT2D eigenvalue weighted by atomic mass is 10.1. The quantitative estimate of drug-likeness (QED) is 0.0156. The van der Waals surface area contributed by atoms with Crippen LogP contribution in [-0.2, 0) is 9.59 Å². The number of hydrogen-bond donors (Lipinski definition) is 2. The minimum atomic E-state index is -1.15. The zero-order valence-corrected chi connectivity index (χ0v) is 33.1. The van der Waals surface area contributed by atoms with E-state index in [-0.39, 0.29) is 53.6 Å². The van der Waals surface area contributed by atoms with Crippen LogP contribution in [0.5, 0.6) is 11.5 Å². The lowest BCUT2D eigenvalue weighted by molar-refractivity contribution is -0.385. The number of rotatable bonds is 14. The molecule has 61 heavy (non-hydrogen) atoms. The third-order valence-corrected chi connectivity index (χ3v) is 8.83. The zero-order valence-electron chi connectivity index (χ0n) is 30.1. The number of non-ortho nitro benzene ring substituents is 1. The van der Waals surface area contributed by atoms with E-state index in [2.05, 4.69) is 21.1 Å². The van der Waals surface area contributed by atoms with Gasteiger partial charge in [0.15, 0.2) is 0 Å². The van der Waals surface area contributed by atoms with Crippen molar-refractivity contribution >= 4 is 106 Å². The zero-order chi connectivity index (χ0) is 44.4. The number of nitro benzene ring substituents is 3. The molecule has 5 aromatic rings. The molecule has 0 aromatic heterocycles. The molecule has 23 heteroatoms. The van der Waals surface area contributed by atoms with Crippen LogP contribution in [0.3, 0.4) is 0 Å². The van der Waals surface area contributed by atoms with E-state index in [1.54, 1.807) is 0 Å². The summed E-state index contributed by atoms with van der Waals surface area (Å²) in [6.07, 6.45) is 3.00. The largest absolute Gasteiger partial charge is 0.416 e. The maximum Gasteiger partial charge on any atom is 0.345 e. The van der Waals surface area contributed by atoms with Crippen molar-refractivity contribution in [2.24, 2.45) is 10.2 Å². The SMILES string of the molecule is O=C(N/N=C/c1ccc(OC(=O)c2ccc(Cl)cc2Cl)c([N+](=O)[O-])c1)C(=Cc1ccc([N+](=O)[O-])cc1)C(=O)N/N=C/c1ccc(OC(=O)c2ccc(Cl)cc2Cl)c([N+](=O)[O-])c1. The van der Waals surface area contributed by atoms with Crippen LogP contribution < -0.4 is 20.3 Å². The number of carbonyl (C=O) groups excluding carboxylic acids is 4. The first-order valence-corrected chi connectivity index (χ1v) is 18.1. The van der Waals surface area contributed by atoms with Crippen molar-refractivity contribution in [2.45, 2.75) is 0 Å². The molecule has 0 saturated carbocycles. The number of nitrogens with one attached hydrogen (secondary N) is 2. The first-order chi connectivity index (χ1) is 29.0. The molecule has 0 fully saturated rings. The summed E-state index contributed by atoms with van der Waals surface area (Å²) in [5.41, 5.74) is 1.93. The maximum absolute atomic E-state index is 13.3. The first kappa shape index (κ1) is 44.5. The van der Waals surface area contributed by atoms with Gasteiger partial charge in [-0.3, -0.25) is 39.9 Å². The predicted octanol–water partition coefficient (Wildman–Crippen LogP) is 8.15. The molecule has 308 valence electrons. The molecule has 0 heterocycles. The lowest BCUT2D eigenvalue weighted by Crippen LogP contribution is -2.30. The summed E-state index contributed by atoms with van der Waals surface area (Å²) in [5, 5.41) is 42.6. The second kappa shape index (κ2) is 19.9. The number of amides is 2. The minimum Gasteiger partial charge on any atom is -0.416 e. The van der Waals surface area contributed by atoms with E-state index in [4.69, 9.17) is 55.9 Å². The van der Waals surface area contributed by atoms with Crippen LogP contribution in [0.4, 0.5) is 17.1 Å². The normalized spacial score (nSPS) is 10.8. The molecular formula is C38H21Cl4N7O12. The molecule has 0 aliphatic carbocycles. The van der Waals surface area contributed by atoms with Crippen LogP contribution >= 0.6 is 46.4 Å². The van der Waals surface area contributed by atoms with Gasteiger partial charge in [0.25, 0.3) is 17.5 Å². The number of nitrogens with zero attached hydrogens (tertiary/aromatic N) is 5. The van der Waals surface area contributed by atoms with Crippen LogP contribution in [0.15, 0.2) is 113 Å². The van der Waals surface area contributed by atoms with Crippen LogP contribution in [-0.4, -0.2) is 51.0 Å². The van der Waals surface area contributed by atoms with Crippen LogP contribution in [0.1, 0.15) is 37.4 Å². The summed E-state index contributed by atoms with van der Waals surface area (Å²) in [5.74, 6) is -5.20. The van der Waals surface area contributed by atoms with E-state index < -0.39 is 67.0 Å². The Balaban J connectivity index is 1.33. The van der Waals surface area contributed by atoms with Crippen molar-refractivity contribution in [1.29, 1.82) is 0 Å². The van der Waals surface area contributed by atoms with Crippen molar-refractivity contribution in [2.75, 3.05) is 0 Å². The van der Waals surface area contributed by atoms with E-state index in [0.29, 0.717) is 0 Å². The summed E-state index contributed by atoms with van der Waals surface area (Å²) < 4.78 is 10.4. The summed E-state index contributed by atoms with van der Waals surface area (Å²) in [6, 6.07) is 19.3. The molecule has 0 aliphatic heterocycles. The minimum absolute atomic E-state index is 0.0370. The van der Waals surface area contributed by atoms with Gasteiger partial charge in [0.05, 0.1) is 48.4 Å². The molecule has 0 radical (unpaired) electrons. The van der Waals surface area contributed by atoms with Crippen molar-refractivity contribution in [3.63, 3.8) is 0 Å². The Morgan fingerprint density at radius 1 is 0.541 bits per heavy atom. The highest BCUT2D eigenvalue weighted by Crippen LogP contribution is 2.31. The predicted molar refractivity (Wildman–Crippen MR) is 222 cm³/mol. The van der Waals surface area contributed by atoms with E-state index >= 15 is 0 Å². The molecule has 0 unspecified atom stereocenters. The average Bonchev–Trinajstić information content (AvgIpc) is 3.20. The van der Waals surface area contributed by atoms with Crippen LogP contribution in [0.2, 0.25) is 20.1 Å². The fraction of sp³-hybridized carbons (Fsp3) is 0. The number of esters is 2. The number of hydrazone groups is 2. The maximum atomic E-state index is 13.3. The third kappa shape index (κ3) is 11.8. The Morgan fingerprint density at radius 3 is 1.33 bits per heavy atom. The summed E-state index contributed by atoms with van der Waals surface area (Å²) >= 11 is 23.8. The van der Waals surface area contributed by atoms with Gasteiger partial charge >= 0.3 is 23.3 Å². The molecule has 0 bridgehead atoms. The van der Waals surface area contributed by atoms with Gasteiger partial charge in [0.2, 0.25) is 11.5 Å². The van der Waals surface area contributed by atoms with Gasteiger partial charge in [-0.05, 0) is 84.4 Å². The van der Waals surface area contributed by atoms with Gasteiger partial charge < -0.3 is 9.47 Å². The highest BCUT2D eigenvalue weighted by molar-refractivity contribution is 6.37. The molecule has 2 amide bonds. The smallest absolute Gasteiger partial charge is 0.345 e. The third-order valence-electron chi connectivity index (χ3n) is 7.73. The molecule has 2 N–H and O–H groups in total.